The summed E-state index contributed by atoms with van der Waals surface area (Å²) in [5.41, 5.74) is 2.35. The van der Waals surface area contributed by atoms with E-state index in [9.17, 15) is 9.59 Å². The van der Waals surface area contributed by atoms with Gasteiger partial charge < -0.3 is 25.4 Å². The fraction of sp³-hybridized carbons (Fsp3) is 0.0476. The van der Waals surface area contributed by atoms with E-state index in [0.717, 1.165) is 0 Å². The van der Waals surface area contributed by atoms with Crippen molar-refractivity contribution in [1.29, 1.82) is 0 Å². The number of carbonyl (C=O) groups excluding carboxylic acids is 2. The molecule has 7 heteroatoms. The van der Waals surface area contributed by atoms with Crippen LogP contribution in [0, 0.1) is 0 Å². The van der Waals surface area contributed by atoms with E-state index in [1.807, 2.05) is 18.2 Å². The first-order valence-corrected chi connectivity index (χ1v) is 8.61. The predicted molar refractivity (Wildman–Crippen MR) is 106 cm³/mol. The van der Waals surface area contributed by atoms with E-state index in [0.29, 0.717) is 34.1 Å². The Balaban J connectivity index is 1.36. The summed E-state index contributed by atoms with van der Waals surface area (Å²) in [5, 5.41) is 8.26. The number of benzene rings is 3. The second kappa shape index (κ2) is 7.71. The lowest BCUT2D eigenvalue weighted by Crippen LogP contribution is -2.19. The van der Waals surface area contributed by atoms with E-state index < -0.39 is 0 Å². The average molecular weight is 375 g/mol. The van der Waals surface area contributed by atoms with Crippen LogP contribution in [0.4, 0.5) is 21.9 Å². The van der Waals surface area contributed by atoms with E-state index in [-0.39, 0.29) is 18.7 Å². The van der Waals surface area contributed by atoms with Gasteiger partial charge in [-0.3, -0.25) is 4.79 Å². The molecule has 0 atom stereocenters. The van der Waals surface area contributed by atoms with Gasteiger partial charge in [-0.05, 0) is 48.5 Å². The summed E-state index contributed by atoms with van der Waals surface area (Å²) in [7, 11) is 0. The van der Waals surface area contributed by atoms with Crippen LogP contribution in [0.1, 0.15) is 10.4 Å². The number of anilines is 3. The Kier molecular flexibility index (Phi) is 4.79. The number of nitrogens with one attached hydrogen (secondary N) is 3. The van der Waals surface area contributed by atoms with Crippen molar-refractivity contribution in [3.63, 3.8) is 0 Å². The zero-order chi connectivity index (χ0) is 19.3. The molecule has 28 heavy (non-hydrogen) atoms. The van der Waals surface area contributed by atoms with Crippen LogP contribution < -0.4 is 25.4 Å². The van der Waals surface area contributed by atoms with Crippen LogP contribution in [0.2, 0.25) is 0 Å². The quantitative estimate of drug-likeness (QED) is 0.634. The zero-order valence-electron chi connectivity index (χ0n) is 14.8. The van der Waals surface area contributed by atoms with E-state index >= 15 is 0 Å². The SMILES string of the molecule is O=C(Nc1ccccc1)Nc1ccc(C(=O)Nc2ccc3c(c2)OCO3)cc1. The van der Waals surface area contributed by atoms with Gasteiger partial charge in [0.15, 0.2) is 11.5 Å². The number of carbonyl (C=O) groups is 2. The standard InChI is InChI=1S/C21H17N3O4/c25-20(22-17-10-11-18-19(12-17)28-13-27-18)14-6-8-16(9-7-14)24-21(26)23-15-4-2-1-3-5-15/h1-12H,13H2,(H,22,25)(H2,23,24,26). The highest BCUT2D eigenvalue weighted by Crippen LogP contribution is 2.34. The van der Waals surface area contributed by atoms with Crippen molar-refractivity contribution in [1.82, 2.24) is 0 Å². The molecular weight excluding hydrogens is 358 g/mol. The third-order valence-electron chi connectivity index (χ3n) is 4.07. The first-order chi connectivity index (χ1) is 13.7. The lowest BCUT2D eigenvalue weighted by Gasteiger charge is -2.09. The van der Waals surface area contributed by atoms with Gasteiger partial charge in [0.1, 0.15) is 0 Å². The Labute approximate surface area is 161 Å². The molecule has 0 bridgehead atoms. The molecule has 3 N–H and O–H groups in total. The van der Waals surface area contributed by atoms with Crippen molar-refractivity contribution in [3.05, 3.63) is 78.4 Å². The van der Waals surface area contributed by atoms with Crippen LogP contribution in [0.5, 0.6) is 11.5 Å². The van der Waals surface area contributed by atoms with Crippen molar-refractivity contribution >= 4 is 29.0 Å². The van der Waals surface area contributed by atoms with Gasteiger partial charge in [0.2, 0.25) is 6.79 Å². The minimum atomic E-state index is -0.358. The van der Waals surface area contributed by atoms with Crippen molar-refractivity contribution in [2.75, 3.05) is 22.7 Å². The first-order valence-electron chi connectivity index (χ1n) is 8.61. The molecule has 4 rings (SSSR count). The van der Waals surface area contributed by atoms with E-state index in [1.54, 1.807) is 54.6 Å². The summed E-state index contributed by atoms with van der Waals surface area (Å²) in [6.07, 6.45) is 0. The molecule has 3 aromatic carbocycles. The highest BCUT2D eigenvalue weighted by Gasteiger charge is 2.14. The summed E-state index contributed by atoms with van der Waals surface area (Å²) in [6, 6.07) is 20.6. The topological polar surface area (TPSA) is 88.7 Å². The number of para-hydroxylation sites is 1. The number of hydrogen-bond acceptors (Lipinski definition) is 4. The van der Waals surface area contributed by atoms with Crippen LogP contribution >= 0.6 is 0 Å². The number of amides is 3. The highest BCUT2D eigenvalue weighted by atomic mass is 16.7. The van der Waals surface area contributed by atoms with Crippen LogP contribution in [0.25, 0.3) is 0 Å². The molecule has 1 aliphatic rings. The molecule has 3 aromatic rings. The Bertz CT molecular complexity index is 1000. The van der Waals surface area contributed by atoms with Gasteiger partial charge in [-0.25, -0.2) is 4.79 Å². The molecule has 0 fully saturated rings. The van der Waals surface area contributed by atoms with Crippen molar-refractivity contribution < 1.29 is 19.1 Å². The average Bonchev–Trinajstić information content (AvgIpc) is 3.17. The Morgan fingerprint density at radius 1 is 0.679 bits per heavy atom. The van der Waals surface area contributed by atoms with Gasteiger partial charge in [0.25, 0.3) is 5.91 Å². The maximum absolute atomic E-state index is 12.4. The molecule has 0 unspecified atom stereocenters. The molecule has 140 valence electrons. The predicted octanol–water partition coefficient (Wildman–Crippen LogP) is 4.31. The summed E-state index contributed by atoms with van der Waals surface area (Å²) in [4.78, 5) is 24.4. The molecule has 0 radical (unpaired) electrons. The Hall–Kier alpha value is -4.00. The van der Waals surface area contributed by atoms with Gasteiger partial charge in [0, 0.05) is 28.7 Å². The molecule has 1 heterocycles. The molecule has 0 saturated carbocycles. The number of fused-ring (bicyclic) bond motifs is 1. The molecule has 7 nitrogen and oxygen atoms in total. The normalized spacial score (nSPS) is 11.6. The van der Waals surface area contributed by atoms with Crippen molar-refractivity contribution in [3.8, 4) is 11.5 Å². The number of urea groups is 1. The summed E-state index contributed by atoms with van der Waals surface area (Å²) < 4.78 is 10.6. The lowest BCUT2D eigenvalue weighted by molar-refractivity contribution is 0.102. The Morgan fingerprint density at radius 3 is 2.07 bits per heavy atom. The van der Waals surface area contributed by atoms with Gasteiger partial charge in [0.05, 0.1) is 0 Å². The third-order valence-corrected chi connectivity index (χ3v) is 4.07. The number of rotatable bonds is 4. The number of ether oxygens (including phenoxy) is 2. The van der Waals surface area contributed by atoms with Gasteiger partial charge in [-0.15, -0.1) is 0 Å². The molecule has 1 aliphatic heterocycles. The Morgan fingerprint density at radius 2 is 1.32 bits per heavy atom. The maximum atomic E-state index is 12.4. The number of hydrogen-bond donors (Lipinski definition) is 3. The van der Waals surface area contributed by atoms with E-state index in [4.69, 9.17) is 9.47 Å². The summed E-state index contributed by atoms with van der Waals surface area (Å²) >= 11 is 0. The maximum Gasteiger partial charge on any atom is 0.323 e. The third kappa shape index (κ3) is 4.04. The van der Waals surface area contributed by atoms with Crippen molar-refractivity contribution in [2.24, 2.45) is 0 Å². The monoisotopic (exact) mass is 375 g/mol. The fourth-order valence-electron chi connectivity index (χ4n) is 2.70. The minimum absolute atomic E-state index is 0.180. The second-order valence-electron chi connectivity index (χ2n) is 6.04. The van der Waals surface area contributed by atoms with Gasteiger partial charge in [-0.1, -0.05) is 18.2 Å². The van der Waals surface area contributed by atoms with Crippen LogP contribution in [0.15, 0.2) is 72.8 Å². The largest absolute Gasteiger partial charge is 0.454 e. The molecule has 0 aromatic heterocycles. The van der Waals surface area contributed by atoms with Crippen LogP contribution in [0.3, 0.4) is 0 Å². The van der Waals surface area contributed by atoms with Crippen molar-refractivity contribution in [2.45, 2.75) is 0 Å². The molecule has 3 amide bonds. The zero-order valence-corrected chi connectivity index (χ0v) is 14.8. The smallest absolute Gasteiger partial charge is 0.323 e. The van der Waals surface area contributed by atoms with Crippen LogP contribution in [-0.2, 0) is 0 Å². The fourth-order valence-corrected chi connectivity index (χ4v) is 2.70. The molecule has 0 saturated heterocycles. The lowest BCUT2D eigenvalue weighted by atomic mass is 10.2. The first kappa shape index (κ1) is 17.4. The molecule has 0 spiro atoms. The van der Waals surface area contributed by atoms with Crippen LogP contribution in [-0.4, -0.2) is 18.7 Å². The minimum Gasteiger partial charge on any atom is -0.454 e. The summed E-state index contributed by atoms with van der Waals surface area (Å²) in [5.74, 6) is 0.989. The van der Waals surface area contributed by atoms with Gasteiger partial charge in [-0.2, -0.15) is 0 Å². The molecule has 0 aliphatic carbocycles. The highest BCUT2D eigenvalue weighted by molar-refractivity contribution is 6.05. The molecular formula is C21H17N3O4. The van der Waals surface area contributed by atoms with E-state index in [2.05, 4.69) is 16.0 Å². The van der Waals surface area contributed by atoms with E-state index in [1.165, 1.54) is 0 Å². The second-order valence-corrected chi connectivity index (χ2v) is 6.04. The van der Waals surface area contributed by atoms with Gasteiger partial charge >= 0.3 is 6.03 Å². The summed E-state index contributed by atoms with van der Waals surface area (Å²) in [6.45, 7) is 0.180.